The Kier molecular flexibility index (Phi) is 4.02. The molecule has 0 spiro atoms. The van der Waals surface area contributed by atoms with Gasteiger partial charge in [-0.3, -0.25) is 9.59 Å². The molecule has 0 saturated carbocycles. The van der Waals surface area contributed by atoms with Gasteiger partial charge in [-0.1, -0.05) is 23.7 Å². The van der Waals surface area contributed by atoms with E-state index in [-0.39, 0.29) is 0 Å². The van der Waals surface area contributed by atoms with Crippen LogP contribution in [0.25, 0.3) is 0 Å². The van der Waals surface area contributed by atoms with E-state index in [2.05, 4.69) is 5.10 Å². The van der Waals surface area contributed by atoms with Gasteiger partial charge < -0.3 is 5.73 Å². The monoisotopic (exact) mass is 239 g/mol. The summed E-state index contributed by atoms with van der Waals surface area (Å²) in [5.41, 5.74) is 8.05. The standard InChI is InChI=1S/C10H10ClN3O2/c1-6(13-14-10(16)9(12)15)7-3-2-4-8(11)5-7/h2-5H,1H3,(H2,12,15)(H,14,16)/b13-6+. The molecule has 0 radical (unpaired) electrons. The zero-order valence-corrected chi connectivity index (χ0v) is 9.28. The molecule has 0 aromatic heterocycles. The quantitative estimate of drug-likeness (QED) is 0.452. The van der Waals surface area contributed by atoms with Gasteiger partial charge in [0.25, 0.3) is 0 Å². The zero-order valence-electron chi connectivity index (χ0n) is 8.53. The molecule has 5 nitrogen and oxygen atoms in total. The minimum Gasteiger partial charge on any atom is -0.361 e. The van der Waals surface area contributed by atoms with Crippen LogP contribution in [0.3, 0.4) is 0 Å². The minimum atomic E-state index is -1.08. The lowest BCUT2D eigenvalue weighted by molar-refractivity contribution is -0.137. The summed E-state index contributed by atoms with van der Waals surface area (Å²) in [6, 6.07) is 6.95. The average molecular weight is 240 g/mol. The second-order valence-electron chi connectivity index (χ2n) is 3.01. The molecular weight excluding hydrogens is 230 g/mol. The maximum Gasteiger partial charge on any atom is 0.329 e. The summed E-state index contributed by atoms with van der Waals surface area (Å²) < 4.78 is 0. The highest BCUT2D eigenvalue weighted by molar-refractivity contribution is 6.34. The molecule has 0 aliphatic rings. The Morgan fingerprint density at radius 3 is 2.69 bits per heavy atom. The smallest absolute Gasteiger partial charge is 0.329 e. The molecule has 0 unspecified atom stereocenters. The number of primary amides is 1. The number of amides is 2. The zero-order chi connectivity index (χ0) is 12.1. The molecule has 84 valence electrons. The van der Waals surface area contributed by atoms with Crippen LogP contribution in [0.15, 0.2) is 29.4 Å². The van der Waals surface area contributed by atoms with E-state index in [4.69, 9.17) is 17.3 Å². The van der Waals surface area contributed by atoms with Crippen LogP contribution in [0.2, 0.25) is 5.02 Å². The predicted molar refractivity (Wildman–Crippen MR) is 61.0 cm³/mol. The molecule has 0 saturated heterocycles. The Balaban J connectivity index is 2.78. The molecule has 2 amide bonds. The first-order chi connectivity index (χ1) is 7.50. The molecule has 1 aromatic rings. The first-order valence-corrected chi connectivity index (χ1v) is 4.78. The van der Waals surface area contributed by atoms with Gasteiger partial charge in [-0.05, 0) is 24.6 Å². The first kappa shape index (κ1) is 12.2. The van der Waals surface area contributed by atoms with Crippen molar-refractivity contribution >= 4 is 29.1 Å². The lowest BCUT2D eigenvalue weighted by Crippen LogP contribution is -2.33. The van der Waals surface area contributed by atoms with Crippen LogP contribution in [0, 0.1) is 0 Å². The van der Waals surface area contributed by atoms with Crippen molar-refractivity contribution in [2.24, 2.45) is 10.8 Å². The number of halogens is 1. The molecule has 3 N–H and O–H groups in total. The second-order valence-corrected chi connectivity index (χ2v) is 3.45. The van der Waals surface area contributed by atoms with Crippen molar-refractivity contribution < 1.29 is 9.59 Å². The Bertz CT molecular complexity index is 457. The van der Waals surface area contributed by atoms with E-state index in [0.29, 0.717) is 10.7 Å². The van der Waals surface area contributed by atoms with Crippen LogP contribution in [-0.4, -0.2) is 17.5 Å². The van der Waals surface area contributed by atoms with Crippen molar-refractivity contribution in [1.29, 1.82) is 0 Å². The Hall–Kier alpha value is -1.88. The molecular formula is C10H10ClN3O2. The van der Waals surface area contributed by atoms with Gasteiger partial charge in [0.2, 0.25) is 0 Å². The van der Waals surface area contributed by atoms with Crippen LogP contribution < -0.4 is 11.2 Å². The van der Waals surface area contributed by atoms with Crippen LogP contribution in [-0.2, 0) is 9.59 Å². The number of nitrogens with two attached hydrogens (primary N) is 1. The van der Waals surface area contributed by atoms with Crippen molar-refractivity contribution in [2.75, 3.05) is 0 Å². The van der Waals surface area contributed by atoms with Crippen LogP contribution in [0.5, 0.6) is 0 Å². The molecule has 1 aromatic carbocycles. The van der Waals surface area contributed by atoms with Gasteiger partial charge >= 0.3 is 11.8 Å². The number of nitrogens with zero attached hydrogens (tertiary/aromatic N) is 1. The maximum absolute atomic E-state index is 10.8. The summed E-state index contributed by atoms with van der Waals surface area (Å²) in [4.78, 5) is 21.2. The number of carbonyl (C=O) groups excluding carboxylic acids is 2. The average Bonchev–Trinajstić information content (AvgIpc) is 2.25. The molecule has 1 rings (SSSR count). The van der Waals surface area contributed by atoms with E-state index in [1.54, 1.807) is 31.2 Å². The lowest BCUT2D eigenvalue weighted by atomic mass is 10.1. The van der Waals surface area contributed by atoms with E-state index >= 15 is 0 Å². The SMILES string of the molecule is C/C(=N\NC(=O)C(N)=O)c1cccc(Cl)c1. The van der Waals surface area contributed by atoms with Crippen molar-refractivity contribution in [3.05, 3.63) is 34.9 Å². The van der Waals surface area contributed by atoms with Crippen LogP contribution >= 0.6 is 11.6 Å². The molecule has 16 heavy (non-hydrogen) atoms. The fraction of sp³-hybridized carbons (Fsp3) is 0.100. The molecule has 6 heteroatoms. The Morgan fingerprint density at radius 1 is 1.44 bits per heavy atom. The van der Waals surface area contributed by atoms with Crippen molar-refractivity contribution in [2.45, 2.75) is 6.92 Å². The van der Waals surface area contributed by atoms with E-state index in [1.807, 2.05) is 5.43 Å². The summed E-state index contributed by atoms with van der Waals surface area (Å²) in [6.07, 6.45) is 0. The molecule has 0 atom stereocenters. The summed E-state index contributed by atoms with van der Waals surface area (Å²) in [5, 5.41) is 4.28. The highest BCUT2D eigenvalue weighted by Gasteiger charge is 2.06. The van der Waals surface area contributed by atoms with Gasteiger partial charge in [-0.15, -0.1) is 0 Å². The third kappa shape index (κ3) is 3.36. The maximum atomic E-state index is 10.8. The van der Waals surface area contributed by atoms with Gasteiger partial charge in [0.1, 0.15) is 0 Å². The van der Waals surface area contributed by atoms with Gasteiger partial charge in [-0.2, -0.15) is 5.10 Å². The molecule has 0 aliphatic carbocycles. The summed E-state index contributed by atoms with van der Waals surface area (Å²) in [7, 11) is 0. The number of nitrogens with one attached hydrogen (secondary N) is 1. The largest absolute Gasteiger partial charge is 0.361 e. The van der Waals surface area contributed by atoms with Crippen LogP contribution in [0.1, 0.15) is 12.5 Å². The molecule has 0 heterocycles. The lowest BCUT2D eigenvalue weighted by Gasteiger charge is -2.01. The number of hydrazone groups is 1. The fourth-order valence-electron chi connectivity index (χ4n) is 0.968. The minimum absolute atomic E-state index is 0.525. The van der Waals surface area contributed by atoms with Crippen molar-refractivity contribution in [1.82, 2.24) is 5.43 Å². The van der Waals surface area contributed by atoms with Gasteiger partial charge in [0, 0.05) is 5.02 Å². The number of benzene rings is 1. The third-order valence-electron chi connectivity index (χ3n) is 1.79. The molecule has 0 fully saturated rings. The van der Waals surface area contributed by atoms with E-state index in [1.165, 1.54) is 0 Å². The summed E-state index contributed by atoms with van der Waals surface area (Å²) in [5.74, 6) is -2.04. The number of carbonyl (C=O) groups is 2. The Morgan fingerprint density at radius 2 is 2.12 bits per heavy atom. The van der Waals surface area contributed by atoms with Gasteiger partial charge in [0.15, 0.2) is 0 Å². The normalized spacial score (nSPS) is 11.0. The van der Waals surface area contributed by atoms with Crippen LogP contribution in [0.4, 0.5) is 0 Å². The number of rotatable bonds is 2. The van der Waals surface area contributed by atoms with Gasteiger partial charge in [0.05, 0.1) is 5.71 Å². The highest BCUT2D eigenvalue weighted by Crippen LogP contribution is 2.11. The highest BCUT2D eigenvalue weighted by atomic mass is 35.5. The van der Waals surface area contributed by atoms with E-state index in [0.717, 1.165) is 5.56 Å². The second kappa shape index (κ2) is 5.27. The first-order valence-electron chi connectivity index (χ1n) is 4.40. The van der Waals surface area contributed by atoms with E-state index < -0.39 is 11.8 Å². The molecule has 0 aliphatic heterocycles. The van der Waals surface area contributed by atoms with Crippen molar-refractivity contribution in [3.8, 4) is 0 Å². The molecule has 0 bridgehead atoms. The Labute approximate surface area is 97.3 Å². The fourth-order valence-corrected chi connectivity index (χ4v) is 1.16. The number of hydrogen-bond acceptors (Lipinski definition) is 3. The van der Waals surface area contributed by atoms with E-state index in [9.17, 15) is 9.59 Å². The van der Waals surface area contributed by atoms with Crippen molar-refractivity contribution in [3.63, 3.8) is 0 Å². The summed E-state index contributed by atoms with van der Waals surface area (Å²) >= 11 is 5.79. The van der Waals surface area contributed by atoms with Gasteiger partial charge in [-0.25, -0.2) is 5.43 Å². The summed E-state index contributed by atoms with van der Waals surface area (Å²) in [6.45, 7) is 1.67. The predicted octanol–water partition coefficient (Wildman–Crippen LogP) is 0.666. The third-order valence-corrected chi connectivity index (χ3v) is 2.03. The number of hydrogen-bond donors (Lipinski definition) is 2. The topological polar surface area (TPSA) is 84.6 Å².